The summed E-state index contributed by atoms with van der Waals surface area (Å²) in [5.41, 5.74) is 0.666. The monoisotopic (exact) mass is 497 g/mol. The number of hydrogen-bond donors (Lipinski definition) is 2. The van der Waals surface area contributed by atoms with Crippen molar-refractivity contribution < 1.29 is 22.1 Å². The molecule has 10 nitrogen and oxygen atoms in total. The van der Waals surface area contributed by atoms with Crippen LogP contribution in [0.4, 0.5) is 16.0 Å². The van der Waals surface area contributed by atoms with E-state index in [-0.39, 0.29) is 22.2 Å². The summed E-state index contributed by atoms with van der Waals surface area (Å²) >= 11 is 0. The molecule has 1 amide bonds. The maximum atomic E-state index is 14.2. The average molecular weight is 498 g/mol. The fraction of sp³-hybridized carbons (Fsp3) is 0.130. The Kier molecular flexibility index (Phi) is 6.22. The van der Waals surface area contributed by atoms with Crippen molar-refractivity contribution >= 4 is 27.5 Å². The summed E-state index contributed by atoms with van der Waals surface area (Å²) in [7, 11) is -3.97. The van der Waals surface area contributed by atoms with Gasteiger partial charge in [-0.1, -0.05) is 17.3 Å². The van der Waals surface area contributed by atoms with Crippen LogP contribution in [0.2, 0.25) is 0 Å². The molecule has 12 heteroatoms. The summed E-state index contributed by atoms with van der Waals surface area (Å²) in [4.78, 5) is 25.1. The van der Waals surface area contributed by atoms with Crippen LogP contribution in [0.1, 0.15) is 27.4 Å². The fourth-order valence-electron chi connectivity index (χ4n) is 3.17. The van der Waals surface area contributed by atoms with Crippen molar-refractivity contribution in [3.8, 4) is 5.69 Å². The molecule has 0 aliphatic carbocycles. The Balaban J connectivity index is 1.56. The summed E-state index contributed by atoms with van der Waals surface area (Å²) in [6.45, 7) is 4.92. The molecule has 0 unspecified atom stereocenters. The Morgan fingerprint density at radius 2 is 1.74 bits per heavy atom. The Labute approximate surface area is 199 Å². The minimum Gasteiger partial charge on any atom is -0.337 e. The lowest BCUT2D eigenvalue weighted by molar-refractivity contribution is 0.101. The Bertz CT molecular complexity index is 1590. The predicted molar refractivity (Wildman–Crippen MR) is 126 cm³/mol. The van der Waals surface area contributed by atoms with Gasteiger partial charge >= 0.3 is 0 Å². The minimum atomic E-state index is -3.97. The quantitative estimate of drug-likeness (QED) is 0.417. The molecule has 0 aliphatic rings. The number of carbonyl (C=O) groups is 1. The molecule has 0 saturated heterocycles. The maximum absolute atomic E-state index is 14.2. The number of nitrogens with one attached hydrogen (secondary N) is 2. The molecule has 2 aromatic carbocycles. The van der Waals surface area contributed by atoms with Crippen molar-refractivity contribution in [3.05, 3.63) is 93.3 Å². The zero-order valence-corrected chi connectivity index (χ0v) is 19.7. The first-order chi connectivity index (χ1) is 16.6. The molecule has 0 saturated carbocycles. The third-order valence-electron chi connectivity index (χ3n) is 5.21. The van der Waals surface area contributed by atoms with Crippen LogP contribution in [0.25, 0.3) is 5.69 Å². The van der Waals surface area contributed by atoms with Gasteiger partial charge in [0.25, 0.3) is 15.9 Å². The van der Waals surface area contributed by atoms with E-state index in [1.165, 1.54) is 53.2 Å². The summed E-state index contributed by atoms with van der Waals surface area (Å²) in [5, 5.41) is 10.3. The highest BCUT2D eigenvalue weighted by Gasteiger charge is 2.20. The molecule has 0 aliphatic heterocycles. The Hall–Kier alpha value is -4.32. The molecule has 0 spiro atoms. The van der Waals surface area contributed by atoms with Gasteiger partial charge in [-0.25, -0.2) is 22.2 Å². The Morgan fingerprint density at radius 1 is 1.06 bits per heavy atom. The number of hydrogen-bond acceptors (Lipinski definition) is 7. The van der Waals surface area contributed by atoms with Crippen LogP contribution in [0.3, 0.4) is 0 Å². The van der Waals surface area contributed by atoms with Gasteiger partial charge in [0.2, 0.25) is 11.3 Å². The largest absolute Gasteiger partial charge is 0.337 e. The zero-order valence-electron chi connectivity index (χ0n) is 18.9. The second-order valence-corrected chi connectivity index (χ2v) is 9.35. The van der Waals surface area contributed by atoms with Crippen molar-refractivity contribution in [3.63, 3.8) is 0 Å². The van der Waals surface area contributed by atoms with Crippen LogP contribution in [0.5, 0.6) is 0 Å². The third-order valence-corrected chi connectivity index (χ3v) is 6.56. The third kappa shape index (κ3) is 4.82. The smallest absolute Gasteiger partial charge is 0.280 e. The van der Waals surface area contributed by atoms with Gasteiger partial charge in [0.05, 0.1) is 10.6 Å². The number of anilines is 2. The lowest BCUT2D eigenvalue weighted by atomic mass is 10.2. The average Bonchev–Trinajstić information content (AvgIpc) is 3.12. The van der Waals surface area contributed by atoms with E-state index >= 15 is 0 Å². The van der Waals surface area contributed by atoms with Crippen molar-refractivity contribution in [1.29, 1.82) is 0 Å². The standard InChI is InChI=1S/C23H20FN5O5S/c1-13-12-20(30)21(26-29(13)19-7-5-4-6-18(19)24)22(31)25-16-8-10-17(11-9-16)35(32,33)28-23-14(2)15(3)27-34-23/h4-12,28H,1-3H3,(H,25,31). The van der Waals surface area contributed by atoms with Crippen LogP contribution in [-0.2, 0) is 10.0 Å². The second-order valence-electron chi connectivity index (χ2n) is 7.67. The molecule has 2 heterocycles. The van der Waals surface area contributed by atoms with E-state index in [2.05, 4.69) is 20.3 Å². The number of para-hydroxylation sites is 1. The van der Waals surface area contributed by atoms with E-state index in [1.807, 2.05) is 0 Å². The van der Waals surface area contributed by atoms with Gasteiger partial charge in [-0.15, -0.1) is 0 Å². The highest BCUT2D eigenvalue weighted by Crippen LogP contribution is 2.23. The first-order valence-electron chi connectivity index (χ1n) is 10.3. The van der Waals surface area contributed by atoms with Crippen molar-refractivity contribution in [2.24, 2.45) is 0 Å². The first-order valence-corrected chi connectivity index (χ1v) is 11.8. The van der Waals surface area contributed by atoms with Crippen molar-refractivity contribution in [2.45, 2.75) is 25.7 Å². The first kappa shape index (κ1) is 23.8. The molecule has 0 atom stereocenters. The van der Waals surface area contributed by atoms with Gasteiger partial charge < -0.3 is 9.84 Å². The molecular weight excluding hydrogens is 477 g/mol. The summed E-state index contributed by atoms with van der Waals surface area (Å²) in [6.07, 6.45) is 0. The van der Waals surface area contributed by atoms with E-state index in [4.69, 9.17) is 4.52 Å². The van der Waals surface area contributed by atoms with Gasteiger partial charge in [0.15, 0.2) is 5.69 Å². The van der Waals surface area contributed by atoms with E-state index in [0.29, 0.717) is 17.0 Å². The number of carbonyl (C=O) groups excluding carboxylic acids is 1. The van der Waals surface area contributed by atoms with E-state index in [0.717, 1.165) is 0 Å². The number of aryl methyl sites for hydroxylation is 2. The van der Waals surface area contributed by atoms with E-state index in [9.17, 15) is 22.4 Å². The molecule has 180 valence electrons. The summed E-state index contributed by atoms with van der Waals surface area (Å²) in [6, 6.07) is 12.3. The molecule has 4 rings (SSSR count). The van der Waals surface area contributed by atoms with Crippen LogP contribution in [0, 0.1) is 26.6 Å². The SMILES string of the molecule is Cc1noc(NS(=O)(=O)c2ccc(NC(=O)c3nn(-c4ccccc4F)c(C)cc3=O)cc2)c1C. The predicted octanol–water partition coefficient (Wildman–Crippen LogP) is 3.34. The molecule has 0 fully saturated rings. The highest BCUT2D eigenvalue weighted by atomic mass is 32.2. The van der Waals surface area contributed by atoms with Crippen molar-refractivity contribution in [2.75, 3.05) is 10.0 Å². The Morgan fingerprint density at radius 3 is 2.37 bits per heavy atom. The van der Waals surface area contributed by atoms with Gasteiger partial charge in [-0.2, -0.15) is 5.10 Å². The van der Waals surface area contributed by atoms with Crippen LogP contribution in [0.15, 0.2) is 68.8 Å². The number of nitrogens with zero attached hydrogens (tertiary/aromatic N) is 3. The van der Waals surface area contributed by atoms with Gasteiger partial charge in [-0.3, -0.25) is 9.59 Å². The second kappa shape index (κ2) is 9.14. The number of benzene rings is 2. The molecular formula is C23H20FN5O5S. The number of halogens is 1. The van der Waals surface area contributed by atoms with Gasteiger partial charge in [0.1, 0.15) is 11.5 Å². The molecule has 4 aromatic rings. The van der Waals surface area contributed by atoms with Crippen LogP contribution >= 0.6 is 0 Å². The molecule has 2 aromatic heterocycles. The molecule has 35 heavy (non-hydrogen) atoms. The van der Waals surface area contributed by atoms with Crippen molar-refractivity contribution in [1.82, 2.24) is 14.9 Å². The van der Waals surface area contributed by atoms with E-state index in [1.54, 1.807) is 26.8 Å². The topological polar surface area (TPSA) is 136 Å². The van der Waals surface area contributed by atoms with Gasteiger partial charge in [0, 0.05) is 23.0 Å². The lowest BCUT2D eigenvalue weighted by Gasteiger charge is -2.12. The fourth-order valence-corrected chi connectivity index (χ4v) is 4.22. The minimum absolute atomic E-state index is 0.0106. The van der Waals surface area contributed by atoms with E-state index < -0.39 is 32.9 Å². The molecule has 0 radical (unpaired) electrons. The van der Waals surface area contributed by atoms with Gasteiger partial charge in [-0.05, 0) is 57.2 Å². The summed E-state index contributed by atoms with van der Waals surface area (Å²) in [5.74, 6) is -1.39. The lowest BCUT2D eigenvalue weighted by Crippen LogP contribution is -2.27. The summed E-state index contributed by atoms with van der Waals surface area (Å²) < 4.78 is 47.9. The number of sulfonamides is 1. The zero-order chi connectivity index (χ0) is 25.3. The number of amides is 1. The number of aromatic nitrogens is 3. The van der Waals surface area contributed by atoms with Crippen LogP contribution in [-0.4, -0.2) is 29.3 Å². The van der Waals surface area contributed by atoms with Crippen LogP contribution < -0.4 is 15.5 Å². The number of rotatable bonds is 6. The highest BCUT2D eigenvalue weighted by molar-refractivity contribution is 7.92. The molecule has 0 bridgehead atoms. The molecule has 2 N–H and O–H groups in total. The maximum Gasteiger partial charge on any atom is 0.280 e. The normalized spacial score (nSPS) is 11.3.